The Hall–Kier alpha value is -2.89. The molecule has 4 rings (SSSR count). The second kappa shape index (κ2) is 7.39. The predicted molar refractivity (Wildman–Crippen MR) is 106 cm³/mol. The highest BCUT2D eigenvalue weighted by molar-refractivity contribution is 5.92. The van der Waals surface area contributed by atoms with Gasteiger partial charge < -0.3 is 10.1 Å². The summed E-state index contributed by atoms with van der Waals surface area (Å²) in [5.41, 5.74) is 2.90. The van der Waals surface area contributed by atoms with E-state index in [0.717, 1.165) is 53.7 Å². The van der Waals surface area contributed by atoms with Crippen LogP contribution in [0.3, 0.4) is 0 Å². The third kappa shape index (κ3) is 3.65. The second-order valence-corrected chi connectivity index (χ2v) is 7.15. The first kappa shape index (κ1) is 17.5. The number of nitrogens with one attached hydrogen (secondary N) is 1. The summed E-state index contributed by atoms with van der Waals surface area (Å²) in [7, 11) is 1.67. The van der Waals surface area contributed by atoms with Gasteiger partial charge in [0.1, 0.15) is 5.75 Å². The first-order valence-corrected chi connectivity index (χ1v) is 9.40. The highest BCUT2D eigenvalue weighted by Crippen LogP contribution is 2.31. The molecule has 0 atom stereocenters. The van der Waals surface area contributed by atoms with Gasteiger partial charge in [0, 0.05) is 29.4 Å². The Kier molecular flexibility index (Phi) is 4.79. The number of anilines is 1. The second-order valence-electron chi connectivity index (χ2n) is 7.15. The Labute approximate surface area is 158 Å². The fourth-order valence-electron chi connectivity index (χ4n) is 3.85. The zero-order valence-corrected chi connectivity index (χ0v) is 15.7. The van der Waals surface area contributed by atoms with Gasteiger partial charge in [0.15, 0.2) is 0 Å². The average Bonchev–Trinajstić information content (AvgIpc) is 2.70. The van der Waals surface area contributed by atoms with Crippen molar-refractivity contribution in [1.29, 1.82) is 0 Å². The van der Waals surface area contributed by atoms with Crippen molar-refractivity contribution in [2.75, 3.05) is 12.4 Å². The Morgan fingerprint density at radius 2 is 1.93 bits per heavy atom. The lowest BCUT2D eigenvalue weighted by Gasteiger charge is -2.30. The maximum Gasteiger partial charge on any atom is 0.267 e. The first-order valence-electron chi connectivity index (χ1n) is 9.40. The first-order chi connectivity index (χ1) is 13.1. The molecule has 2 heterocycles. The smallest absolute Gasteiger partial charge is 0.267 e. The van der Waals surface area contributed by atoms with Crippen molar-refractivity contribution in [1.82, 2.24) is 14.8 Å². The summed E-state index contributed by atoms with van der Waals surface area (Å²) in [6.45, 7) is 1.92. The van der Waals surface area contributed by atoms with Crippen molar-refractivity contribution in [3.05, 3.63) is 58.6 Å². The molecule has 1 aliphatic carbocycles. The summed E-state index contributed by atoms with van der Waals surface area (Å²) >= 11 is 0. The number of hydrogen-bond acceptors (Lipinski definition) is 5. The van der Waals surface area contributed by atoms with E-state index in [2.05, 4.69) is 15.4 Å². The number of nitrogens with zero attached hydrogens (tertiary/aromatic N) is 3. The minimum atomic E-state index is -0.00997. The van der Waals surface area contributed by atoms with Gasteiger partial charge in [-0.3, -0.25) is 9.78 Å². The lowest BCUT2D eigenvalue weighted by Crippen LogP contribution is -2.33. The molecule has 0 unspecified atom stereocenters. The number of pyridine rings is 1. The molecule has 0 spiro atoms. The number of hydrogen-bond donors (Lipinski definition) is 1. The van der Waals surface area contributed by atoms with E-state index in [1.165, 1.54) is 0 Å². The third-order valence-electron chi connectivity index (χ3n) is 5.31. The summed E-state index contributed by atoms with van der Waals surface area (Å²) in [5, 5.41) is 9.16. The summed E-state index contributed by atoms with van der Waals surface area (Å²) in [5.74, 6) is 0.826. The molecule has 1 aromatic carbocycles. The van der Waals surface area contributed by atoms with Crippen molar-refractivity contribution in [2.45, 2.75) is 44.7 Å². The van der Waals surface area contributed by atoms with E-state index in [0.29, 0.717) is 6.04 Å². The van der Waals surface area contributed by atoms with Crippen LogP contribution in [-0.4, -0.2) is 27.9 Å². The van der Waals surface area contributed by atoms with Crippen molar-refractivity contribution < 1.29 is 4.74 Å². The van der Waals surface area contributed by atoms with Crippen LogP contribution in [0.5, 0.6) is 5.75 Å². The van der Waals surface area contributed by atoms with Crippen LogP contribution in [0, 0.1) is 6.92 Å². The van der Waals surface area contributed by atoms with Gasteiger partial charge in [-0.15, -0.1) is 0 Å². The highest BCUT2D eigenvalue weighted by atomic mass is 16.5. The Morgan fingerprint density at radius 1 is 1.11 bits per heavy atom. The molecule has 140 valence electrons. The molecule has 0 saturated heterocycles. The molecule has 0 amide bonds. The summed E-state index contributed by atoms with van der Waals surface area (Å²) in [6.07, 6.45) is 5.72. The highest BCUT2D eigenvalue weighted by Gasteiger charge is 2.24. The number of methoxy groups -OCH3 is 1. The van der Waals surface area contributed by atoms with Crippen LogP contribution in [0.1, 0.15) is 37.4 Å². The number of aromatic nitrogens is 3. The minimum Gasteiger partial charge on any atom is -0.497 e. The van der Waals surface area contributed by atoms with E-state index >= 15 is 0 Å². The largest absolute Gasteiger partial charge is 0.497 e. The molecule has 1 fully saturated rings. The SMILES string of the molecule is COc1ccc2nccc(NC3CCC(n4nc(C)ccc4=O)CC3)c2c1. The summed E-state index contributed by atoms with van der Waals surface area (Å²) < 4.78 is 7.02. The number of aryl methyl sites for hydroxylation is 1. The molecule has 0 radical (unpaired) electrons. The lowest BCUT2D eigenvalue weighted by atomic mass is 9.91. The molecule has 2 aromatic heterocycles. The van der Waals surface area contributed by atoms with Crippen LogP contribution in [0.15, 0.2) is 47.4 Å². The van der Waals surface area contributed by atoms with Crippen LogP contribution < -0.4 is 15.6 Å². The number of fused-ring (bicyclic) bond motifs is 1. The zero-order valence-electron chi connectivity index (χ0n) is 15.7. The normalized spacial score (nSPS) is 19.8. The van der Waals surface area contributed by atoms with Crippen molar-refractivity contribution in [2.24, 2.45) is 0 Å². The zero-order chi connectivity index (χ0) is 18.8. The van der Waals surface area contributed by atoms with Gasteiger partial charge >= 0.3 is 0 Å². The Balaban J connectivity index is 1.49. The van der Waals surface area contributed by atoms with Crippen LogP contribution >= 0.6 is 0 Å². The van der Waals surface area contributed by atoms with Gasteiger partial charge in [-0.05, 0) is 62.9 Å². The van der Waals surface area contributed by atoms with Gasteiger partial charge in [0.05, 0.1) is 24.4 Å². The van der Waals surface area contributed by atoms with E-state index in [1.54, 1.807) is 23.9 Å². The quantitative estimate of drug-likeness (QED) is 0.764. The van der Waals surface area contributed by atoms with E-state index in [4.69, 9.17) is 4.74 Å². The van der Waals surface area contributed by atoms with E-state index in [1.807, 2.05) is 37.4 Å². The topological polar surface area (TPSA) is 69.0 Å². The molecule has 27 heavy (non-hydrogen) atoms. The average molecular weight is 364 g/mol. The summed E-state index contributed by atoms with van der Waals surface area (Å²) in [6, 6.07) is 11.9. The van der Waals surface area contributed by atoms with Crippen LogP contribution in [0.4, 0.5) is 5.69 Å². The van der Waals surface area contributed by atoms with E-state index in [-0.39, 0.29) is 11.6 Å². The van der Waals surface area contributed by atoms with Crippen molar-refractivity contribution in [3.63, 3.8) is 0 Å². The number of rotatable bonds is 4. The molecule has 1 N–H and O–H groups in total. The molecule has 6 nitrogen and oxygen atoms in total. The van der Waals surface area contributed by atoms with Crippen molar-refractivity contribution >= 4 is 16.6 Å². The fourth-order valence-corrected chi connectivity index (χ4v) is 3.85. The Morgan fingerprint density at radius 3 is 2.70 bits per heavy atom. The van der Waals surface area contributed by atoms with Gasteiger partial charge in [-0.25, -0.2) is 4.68 Å². The number of ether oxygens (including phenoxy) is 1. The van der Waals surface area contributed by atoms with Gasteiger partial charge in [0.25, 0.3) is 5.56 Å². The molecule has 1 aliphatic rings. The molecule has 1 saturated carbocycles. The molecule has 3 aromatic rings. The maximum absolute atomic E-state index is 12.1. The Bertz CT molecular complexity index is 1010. The van der Waals surface area contributed by atoms with Crippen LogP contribution in [-0.2, 0) is 0 Å². The van der Waals surface area contributed by atoms with E-state index < -0.39 is 0 Å². The summed E-state index contributed by atoms with van der Waals surface area (Å²) in [4.78, 5) is 16.6. The standard InChI is InChI=1S/C21H24N4O2/c1-14-3-10-21(26)25(24-14)16-6-4-15(5-7-16)23-20-11-12-22-19-9-8-17(27-2)13-18(19)20/h3,8-13,15-16H,4-7H2,1-2H3,(H,22,23). The molecule has 0 bridgehead atoms. The van der Waals surface area contributed by atoms with Crippen molar-refractivity contribution in [3.8, 4) is 5.75 Å². The van der Waals surface area contributed by atoms with E-state index in [9.17, 15) is 4.79 Å². The van der Waals surface area contributed by atoms with Gasteiger partial charge in [-0.1, -0.05) is 0 Å². The minimum absolute atomic E-state index is 0.00997. The van der Waals surface area contributed by atoms with Gasteiger partial charge in [0.2, 0.25) is 0 Å². The van der Waals surface area contributed by atoms with Crippen LogP contribution in [0.25, 0.3) is 10.9 Å². The maximum atomic E-state index is 12.1. The third-order valence-corrected chi connectivity index (χ3v) is 5.31. The monoisotopic (exact) mass is 364 g/mol. The fraction of sp³-hybridized carbons (Fsp3) is 0.381. The predicted octanol–water partition coefficient (Wildman–Crippen LogP) is 3.70. The molecular weight excluding hydrogens is 340 g/mol. The molecule has 0 aliphatic heterocycles. The molecular formula is C21H24N4O2. The molecule has 6 heteroatoms. The lowest BCUT2D eigenvalue weighted by molar-refractivity contribution is 0.302. The van der Waals surface area contributed by atoms with Gasteiger partial charge in [-0.2, -0.15) is 5.10 Å². The van der Waals surface area contributed by atoms with Crippen LogP contribution in [0.2, 0.25) is 0 Å². The number of benzene rings is 1.